The number of nitrogens with one attached hydrogen (secondary N) is 2. The van der Waals surface area contributed by atoms with E-state index in [1.54, 1.807) is 0 Å². The highest BCUT2D eigenvalue weighted by Crippen LogP contribution is 2.26. The number of benzene rings is 1. The topological polar surface area (TPSA) is 40.7 Å². The van der Waals surface area contributed by atoms with Crippen LogP contribution in [0.5, 0.6) is 0 Å². The van der Waals surface area contributed by atoms with Gasteiger partial charge in [0.1, 0.15) is 5.82 Å². The molecule has 1 aromatic carbocycles. The van der Waals surface area contributed by atoms with Gasteiger partial charge >= 0.3 is 0 Å². The summed E-state index contributed by atoms with van der Waals surface area (Å²) in [7, 11) is 0. The van der Waals surface area contributed by atoms with Gasteiger partial charge in [0.05, 0.1) is 17.9 Å². The van der Waals surface area contributed by atoms with Crippen LogP contribution in [0.25, 0.3) is 11.3 Å². The van der Waals surface area contributed by atoms with E-state index in [-0.39, 0.29) is 0 Å². The summed E-state index contributed by atoms with van der Waals surface area (Å²) in [4.78, 5) is 8.33. The highest BCUT2D eigenvalue weighted by molar-refractivity contribution is 5.58. The van der Waals surface area contributed by atoms with Gasteiger partial charge < -0.3 is 10.3 Å². The molecule has 1 fully saturated rings. The minimum absolute atomic E-state index is 0.359. The maximum Gasteiger partial charge on any atom is 0.123 e. The van der Waals surface area contributed by atoms with Crippen molar-refractivity contribution >= 4 is 0 Å². The van der Waals surface area contributed by atoms with Crippen molar-refractivity contribution in [2.45, 2.75) is 83.2 Å². The van der Waals surface area contributed by atoms with Gasteiger partial charge in [-0.2, -0.15) is 0 Å². The number of hydrogen-bond donors (Lipinski definition) is 2. The van der Waals surface area contributed by atoms with Crippen LogP contribution >= 0.6 is 0 Å². The molecule has 3 rings (SSSR count). The van der Waals surface area contributed by atoms with E-state index in [1.165, 1.54) is 69.8 Å². The Kier molecular flexibility index (Phi) is 7.10. The molecule has 1 atom stereocenters. The molecular weight excluding hydrogens is 306 g/mol. The van der Waals surface area contributed by atoms with Gasteiger partial charge in [-0.05, 0) is 24.8 Å². The number of unbranched alkanes of at least 4 members (excludes halogenated alkanes) is 3. The van der Waals surface area contributed by atoms with Gasteiger partial charge in [-0.15, -0.1) is 0 Å². The second kappa shape index (κ2) is 9.76. The van der Waals surface area contributed by atoms with Crippen molar-refractivity contribution in [3.05, 3.63) is 42.4 Å². The quantitative estimate of drug-likeness (QED) is 0.549. The van der Waals surface area contributed by atoms with Gasteiger partial charge in [-0.1, -0.05) is 82.2 Å². The first kappa shape index (κ1) is 18.2. The third-order valence-electron chi connectivity index (χ3n) is 5.40. The Hall–Kier alpha value is -1.61. The van der Waals surface area contributed by atoms with Gasteiger partial charge in [0.25, 0.3) is 0 Å². The zero-order valence-electron chi connectivity index (χ0n) is 15.6. The molecule has 1 heterocycles. The Bertz CT molecular complexity index is 599. The summed E-state index contributed by atoms with van der Waals surface area (Å²) in [5.41, 5.74) is 2.34. The molecule has 136 valence electrons. The van der Waals surface area contributed by atoms with Crippen molar-refractivity contribution in [2.75, 3.05) is 0 Å². The fraction of sp³-hybridized carbons (Fsp3) is 0.591. The summed E-state index contributed by atoms with van der Waals surface area (Å²) in [5.74, 6) is 1.11. The van der Waals surface area contributed by atoms with Crippen LogP contribution in [0.3, 0.4) is 0 Å². The Labute approximate surface area is 152 Å². The zero-order chi connectivity index (χ0) is 17.3. The fourth-order valence-electron chi connectivity index (χ4n) is 3.91. The van der Waals surface area contributed by atoms with Crippen LogP contribution in [0.4, 0.5) is 0 Å². The van der Waals surface area contributed by atoms with E-state index in [0.29, 0.717) is 12.1 Å². The van der Waals surface area contributed by atoms with E-state index >= 15 is 0 Å². The molecule has 1 saturated carbocycles. The van der Waals surface area contributed by atoms with Crippen LogP contribution in [0.1, 0.15) is 83.0 Å². The molecule has 1 aromatic heterocycles. The molecule has 1 aliphatic rings. The van der Waals surface area contributed by atoms with Crippen LogP contribution in [0.2, 0.25) is 0 Å². The average molecular weight is 340 g/mol. The Morgan fingerprint density at radius 1 is 1.08 bits per heavy atom. The first-order valence-corrected chi connectivity index (χ1v) is 10.2. The van der Waals surface area contributed by atoms with Gasteiger partial charge in [-0.3, -0.25) is 0 Å². The summed E-state index contributed by atoms with van der Waals surface area (Å²) in [6.07, 6.45) is 15.2. The van der Waals surface area contributed by atoms with Crippen LogP contribution in [0.15, 0.2) is 36.5 Å². The number of H-pyrrole nitrogens is 1. The van der Waals surface area contributed by atoms with Gasteiger partial charge in [-0.25, -0.2) is 4.98 Å². The first-order chi connectivity index (χ1) is 12.4. The molecule has 0 spiro atoms. The second-order valence-electron chi connectivity index (χ2n) is 7.45. The molecule has 0 radical (unpaired) electrons. The maximum atomic E-state index is 4.74. The zero-order valence-corrected chi connectivity index (χ0v) is 15.6. The number of hydrogen-bond acceptors (Lipinski definition) is 2. The lowest BCUT2D eigenvalue weighted by molar-refractivity contribution is 0.320. The molecular formula is C22H33N3. The van der Waals surface area contributed by atoms with Crippen molar-refractivity contribution in [1.82, 2.24) is 15.3 Å². The van der Waals surface area contributed by atoms with E-state index in [0.717, 1.165) is 11.5 Å². The lowest BCUT2D eigenvalue weighted by Gasteiger charge is -2.27. The molecule has 2 aromatic rings. The van der Waals surface area contributed by atoms with Gasteiger partial charge in [0.15, 0.2) is 0 Å². The molecule has 0 bridgehead atoms. The van der Waals surface area contributed by atoms with Crippen molar-refractivity contribution in [3.8, 4) is 11.3 Å². The summed E-state index contributed by atoms with van der Waals surface area (Å²) in [6, 6.07) is 11.5. The lowest BCUT2D eigenvalue weighted by atomic mass is 9.94. The molecule has 0 aliphatic heterocycles. The van der Waals surface area contributed by atoms with E-state index in [1.807, 2.05) is 6.20 Å². The number of aromatic amines is 1. The minimum Gasteiger partial charge on any atom is -0.341 e. The summed E-state index contributed by atoms with van der Waals surface area (Å²) >= 11 is 0. The standard InChI is InChI=1S/C22H33N3/c1-2-3-4-11-16-20(24-19-14-9-6-10-15-19)22-23-17-21(25-22)18-12-7-5-8-13-18/h5,7-8,12-13,17,19-20,24H,2-4,6,9-11,14-16H2,1H3,(H,23,25)/t20-/m1/s1. The normalized spacial score (nSPS) is 16.8. The van der Waals surface area contributed by atoms with E-state index in [4.69, 9.17) is 4.98 Å². The minimum atomic E-state index is 0.359. The number of rotatable bonds is 9. The molecule has 3 heteroatoms. The Balaban J connectivity index is 1.67. The second-order valence-corrected chi connectivity index (χ2v) is 7.45. The first-order valence-electron chi connectivity index (χ1n) is 10.2. The molecule has 3 nitrogen and oxygen atoms in total. The summed E-state index contributed by atoms with van der Waals surface area (Å²) < 4.78 is 0. The highest BCUT2D eigenvalue weighted by atomic mass is 15.0. The molecule has 2 N–H and O–H groups in total. The molecule has 25 heavy (non-hydrogen) atoms. The molecule has 0 unspecified atom stereocenters. The maximum absolute atomic E-state index is 4.74. The van der Waals surface area contributed by atoms with E-state index in [2.05, 4.69) is 47.6 Å². The van der Waals surface area contributed by atoms with Gasteiger partial charge in [0, 0.05) is 6.04 Å². The smallest absolute Gasteiger partial charge is 0.123 e. The molecule has 1 aliphatic carbocycles. The average Bonchev–Trinajstić information content (AvgIpc) is 3.16. The number of imidazole rings is 1. The third-order valence-corrected chi connectivity index (χ3v) is 5.40. The summed E-state index contributed by atoms with van der Waals surface area (Å²) in [5, 5.41) is 3.92. The van der Waals surface area contributed by atoms with Crippen molar-refractivity contribution in [3.63, 3.8) is 0 Å². The van der Waals surface area contributed by atoms with Crippen LogP contribution in [-0.4, -0.2) is 16.0 Å². The van der Waals surface area contributed by atoms with Crippen LogP contribution in [-0.2, 0) is 0 Å². The highest BCUT2D eigenvalue weighted by Gasteiger charge is 2.21. The van der Waals surface area contributed by atoms with Crippen molar-refractivity contribution in [2.24, 2.45) is 0 Å². The Morgan fingerprint density at radius 3 is 2.64 bits per heavy atom. The predicted molar refractivity (Wildman–Crippen MR) is 106 cm³/mol. The van der Waals surface area contributed by atoms with Crippen LogP contribution in [0, 0.1) is 0 Å². The lowest BCUT2D eigenvalue weighted by Crippen LogP contribution is -2.35. The van der Waals surface area contributed by atoms with Crippen molar-refractivity contribution < 1.29 is 0 Å². The van der Waals surface area contributed by atoms with E-state index in [9.17, 15) is 0 Å². The van der Waals surface area contributed by atoms with E-state index < -0.39 is 0 Å². The number of nitrogens with zero attached hydrogens (tertiary/aromatic N) is 1. The van der Waals surface area contributed by atoms with Gasteiger partial charge in [0.2, 0.25) is 0 Å². The SMILES string of the molecule is CCCCCC[C@@H](NC1CCCCC1)c1ncc(-c2ccccc2)[nH]1. The Morgan fingerprint density at radius 2 is 1.88 bits per heavy atom. The largest absolute Gasteiger partial charge is 0.341 e. The summed E-state index contributed by atoms with van der Waals surface area (Å²) in [6.45, 7) is 2.27. The predicted octanol–water partition coefficient (Wildman–Crippen LogP) is 6.01. The third kappa shape index (κ3) is 5.43. The van der Waals surface area contributed by atoms with Crippen LogP contribution < -0.4 is 5.32 Å². The molecule has 0 amide bonds. The fourth-order valence-corrected chi connectivity index (χ4v) is 3.91. The van der Waals surface area contributed by atoms with Crippen molar-refractivity contribution in [1.29, 1.82) is 0 Å². The number of aromatic nitrogens is 2. The monoisotopic (exact) mass is 339 g/mol. The molecule has 0 saturated heterocycles.